The molecule has 2 aromatic carbocycles. The van der Waals surface area contributed by atoms with E-state index in [0.717, 1.165) is 17.7 Å². The van der Waals surface area contributed by atoms with Crippen molar-refractivity contribution in [3.05, 3.63) is 70.0 Å². The topological polar surface area (TPSA) is 55.2 Å². The number of hydrogen-bond acceptors (Lipinski definition) is 3. The van der Waals surface area contributed by atoms with Gasteiger partial charge < -0.3 is 5.32 Å². The molecule has 5 heteroatoms. The number of nitrogens with zero attached hydrogens (tertiary/aromatic N) is 1. The molecule has 2 rings (SSSR count). The monoisotopic (exact) mass is 246 g/mol. The zero-order valence-electron chi connectivity index (χ0n) is 9.47. The van der Waals surface area contributed by atoms with E-state index in [1.165, 1.54) is 6.07 Å². The van der Waals surface area contributed by atoms with Gasteiger partial charge in [-0.1, -0.05) is 30.3 Å². The van der Waals surface area contributed by atoms with Gasteiger partial charge in [0.25, 0.3) is 5.69 Å². The van der Waals surface area contributed by atoms with Gasteiger partial charge in [-0.3, -0.25) is 10.1 Å². The van der Waals surface area contributed by atoms with Crippen molar-refractivity contribution in [3.63, 3.8) is 0 Å². The summed E-state index contributed by atoms with van der Waals surface area (Å²) in [5, 5.41) is 13.4. The van der Waals surface area contributed by atoms with E-state index in [1.54, 1.807) is 0 Å². The van der Waals surface area contributed by atoms with Crippen LogP contribution in [0.1, 0.15) is 5.56 Å². The normalized spacial score (nSPS) is 10.1. The van der Waals surface area contributed by atoms with Crippen LogP contribution >= 0.6 is 0 Å². The number of nitro benzene ring substituents is 1. The van der Waals surface area contributed by atoms with E-state index >= 15 is 0 Å². The van der Waals surface area contributed by atoms with E-state index in [9.17, 15) is 14.5 Å². The predicted molar refractivity (Wildman–Crippen MR) is 66.8 cm³/mol. The summed E-state index contributed by atoms with van der Waals surface area (Å²) in [7, 11) is 0. The minimum Gasteiger partial charge on any atom is -0.378 e. The van der Waals surface area contributed by atoms with Gasteiger partial charge in [0, 0.05) is 18.7 Å². The summed E-state index contributed by atoms with van der Waals surface area (Å²) >= 11 is 0. The van der Waals surface area contributed by atoms with Crippen LogP contribution in [0.25, 0.3) is 0 Å². The Morgan fingerprint density at radius 3 is 2.56 bits per heavy atom. The lowest BCUT2D eigenvalue weighted by Crippen LogP contribution is -2.02. The number of nitro groups is 1. The third kappa shape index (κ3) is 2.82. The fourth-order valence-corrected chi connectivity index (χ4v) is 1.56. The minimum absolute atomic E-state index is 0.132. The van der Waals surface area contributed by atoms with Crippen molar-refractivity contribution in [1.29, 1.82) is 0 Å². The first-order valence-corrected chi connectivity index (χ1v) is 5.38. The van der Waals surface area contributed by atoms with Gasteiger partial charge in [-0.05, 0) is 11.6 Å². The van der Waals surface area contributed by atoms with Crippen molar-refractivity contribution in [2.75, 3.05) is 5.32 Å². The molecule has 92 valence electrons. The van der Waals surface area contributed by atoms with Crippen LogP contribution in [0.5, 0.6) is 0 Å². The molecule has 0 fully saturated rings. The van der Waals surface area contributed by atoms with Crippen molar-refractivity contribution in [3.8, 4) is 0 Å². The zero-order valence-corrected chi connectivity index (χ0v) is 9.47. The molecule has 0 bridgehead atoms. The van der Waals surface area contributed by atoms with Crippen molar-refractivity contribution < 1.29 is 9.31 Å². The molecule has 0 amide bonds. The molecule has 0 radical (unpaired) electrons. The average Bonchev–Trinajstić information content (AvgIpc) is 2.38. The molecule has 4 nitrogen and oxygen atoms in total. The largest absolute Gasteiger partial charge is 0.378 e. The lowest BCUT2D eigenvalue weighted by Gasteiger charge is -2.07. The zero-order chi connectivity index (χ0) is 13.0. The summed E-state index contributed by atoms with van der Waals surface area (Å²) < 4.78 is 13.5. The molecule has 0 atom stereocenters. The molecular formula is C13H11FN2O2. The molecule has 1 N–H and O–H groups in total. The van der Waals surface area contributed by atoms with Crippen molar-refractivity contribution >= 4 is 11.4 Å². The number of hydrogen-bond donors (Lipinski definition) is 1. The Hall–Kier alpha value is -2.43. The highest BCUT2D eigenvalue weighted by Gasteiger charge is 2.10. The fraction of sp³-hybridized carbons (Fsp3) is 0.0769. The molecule has 0 aliphatic carbocycles. The van der Waals surface area contributed by atoms with Gasteiger partial charge in [0.2, 0.25) is 0 Å². The third-order valence-electron chi connectivity index (χ3n) is 2.49. The predicted octanol–water partition coefficient (Wildman–Crippen LogP) is 3.35. The lowest BCUT2D eigenvalue weighted by atomic mass is 10.2. The van der Waals surface area contributed by atoms with Gasteiger partial charge in [-0.15, -0.1) is 0 Å². The van der Waals surface area contributed by atoms with Crippen LogP contribution in [-0.4, -0.2) is 4.92 Å². The maximum absolute atomic E-state index is 13.5. The van der Waals surface area contributed by atoms with Crippen LogP contribution in [0.15, 0.2) is 48.5 Å². The average molecular weight is 246 g/mol. The number of non-ortho nitro benzene ring substituents is 1. The second kappa shape index (κ2) is 5.27. The Kier molecular flexibility index (Phi) is 3.52. The van der Waals surface area contributed by atoms with Crippen LogP contribution in [0.4, 0.5) is 15.8 Å². The van der Waals surface area contributed by atoms with Gasteiger partial charge in [-0.25, -0.2) is 4.39 Å². The van der Waals surface area contributed by atoms with Crippen LogP contribution in [0.2, 0.25) is 0 Å². The van der Waals surface area contributed by atoms with E-state index in [2.05, 4.69) is 5.32 Å². The summed E-state index contributed by atoms with van der Waals surface area (Å²) in [5.41, 5.74) is 0.975. The maximum Gasteiger partial charge on any atom is 0.271 e. The molecule has 0 heterocycles. The Morgan fingerprint density at radius 2 is 1.89 bits per heavy atom. The van der Waals surface area contributed by atoms with Gasteiger partial charge in [0.05, 0.1) is 10.6 Å². The summed E-state index contributed by atoms with van der Waals surface area (Å²) in [4.78, 5) is 10.0. The lowest BCUT2D eigenvalue weighted by molar-refractivity contribution is -0.384. The molecule has 0 aliphatic heterocycles. The first-order chi connectivity index (χ1) is 8.66. The Morgan fingerprint density at radius 1 is 1.17 bits per heavy atom. The van der Waals surface area contributed by atoms with E-state index < -0.39 is 10.7 Å². The molecule has 0 saturated heterocycles. The smallest absolute Gasteiger partial charge is 0.271 e. The Balaban J connectivity index is 2.14. The van der Waals surface area contributed by atoms with E-state index in [-0.39, 0.29) is 11.4 Å². The number of nitrogens with one attached hydrogen (secondary N) is 1. The fourth-order valence-electron chi connectivity index (χ4n) is 1.56. The highest BCUT2D eigenvalue weighted by atomic mass is 19.1. The summed E-state index contributed by atoms with van der Waals surface area (Å²) in [6.45, 7) is 0.416. The number of anilines is 1. The third-order valence-corrected chi connectivity index (χ3v) is 2.49. The van der Waals surface area contributed by atoms with Crippen molar-refractivity contribution in [1.82, 2.24) is 0 Å². The first kappa shape index (κ1) is 12.0. The minimum atomic E-state index is -0.548. The van der Waals surface area contributed by atoms with Gasteiger partial charge in [0.1, 0.15) is 5.82 Å². The highest BCUT2D eigenvalue weighted by molar-refractivity contribution is 5.52. The molecule has 0 aromatic heterocycles. The molecule has 18 heavy (non-hydrogen) atoms. The first-order valence-electron chi connectivity index (χ1n) is 5.38. The van der Waals surface area contributed by atoms with Gasteiger partial charge in [-0.2, -0.15) is 0 Å². The van der Waals surface area contributed by atoms with E-state index in [4.69, 9.17) is 0 Å². The van der Waals surface area contributed by atoms with Gasteiger partial charge in [0.15, 0.2) is 0 Å². The van der Waals surface area contributed by atoms with Crippen LogP contribution in [0.3, 0.4) is 0 Å². The standard InChI is InChI=1S/C13H11FN2O2/c14-12-7-6-11(16(17)18)8-13(12)15-9-10-4-2-1-3-5-10/h1-8,15H,9H2. The summed E-state index contributed by atoms with van der Waals surface area (Å²) in [6, 6.07) is 12.8. The second-order valence-corrected chi connectivity index (χ2v) is 3.76. The molecular weight excluding hydrogens is 235 g/mol. The highest BCUT2D eigenvalue weighted by Crippen LogP contribution is 2.21. The SMILES string of the molecule is O=[N+]([O-])c1ccc(F)c(NCc2ccccc2)c1. The molecule has 0 aliphatic rings. The van der Waals surface area contributed by atoms with Crippen LogP contribution < -0.4 is 5.32 Å². The number of benzene rings is 2. The van der Waals surface area contributed by atoms with E-state index in [0.29, 0.717) is 6.54 Å². The van der Waals surface area contributed by atoms with Crippen molar-refractivity contribution in [2.45, 2.75) is 6.54 Å². The molecule has 2 aromatic rings. The Labute approximate surface area is 103 Å². The van der Waals surface area contributed by atoms with Gasteiger partial charge >= 0.3 is 0 Å². The van der Waals surface area contributed by atoms with Crippen LogP contribution in [0, 0.1) is 15.9 Å². The molecule has 0 unspecified atom stereocenters. The second-order valence-electron chi connectivity index (χ2n) is 3.76. The number of halogens is 1. The number of rotatable bonds is 4. The van der Waals surface area contributed by atoms with E-state index in [1.807, 2.05) is 30.3 Å². The summed E-state index contributed by atoms with van der Waals surface area (Å²) in [5.74, 6) is -0.503. The molecule has 0 spiro atoms. The van der Waals surface area contributed by atoms with Crippen molar-refractivity contribution in [2.24, 2.45) is 0 Å². The van der Waals surface area contributed by atoms with Crippen LogP contribution in [-0.2, 0) is 6.54 Å². The summed E-state index contributed by atoms with van der Waals surface area (Å²) in [6.07, 6.45) is 0. The Bertz CT molecular complexity index is 558. The quantitative estimate of drug-likeness (QED) is 0.664. The maximum atomic E-state index is 13.5. The molecule has 0 saturated carbocycles.